The van der Waals surface area contributed by atoms with Gasteiger partial charge in [-0.05, 0) is 39.7 Å². The van der Waals surface area contributed by atoms with Crippen molar-refractivity contribution in [2.24, 2.45) is 0 Å². The van der Waals surface area contributed by atoms with Gasteiger partial charge < -0.3 is 10.6 Å². The lowest BCUT2D eigenvalue weighted by Crippen LogP contribution is -1.99. The van der Waals surface area contributed by atoms with Crippen molar-refractivity contribution in [2.75, 3.05) is 17.7 Å². The molecule has 1 heterocycles. The third-order valence-electron chi connectivity index (χ3n) is 2.16. The number of nitrogens with one attached hydrogen (secondary N) is 2. The van der Waals surface area contributed by atoms with Gasteiger partial charge in [0, 0.05) is 13.2 Å². The van der Waals surface area contributed by atoms with Gasteiger partial charge in [-0.1, -0.05) is 12.1 Å². The topological polar surface area (TPSA) is 49.8 Å². The van der Waals surface area contributed by atoms with Crippen LogP contribution in [-0.2, 0) is 0 Å². The second-order valence-corrected chi connectivity index (χ2v) is 4.45. The molecule has 0 saturated carbocycles. The molecule has 2 rings (SSSR count). The Balaban J connectivity index is 2.34. The fourth-order valence-electron chi connectivity index (χ4n) is 1.37. The van der Waals surface area contributed by atoms with E-state index in [2.05, 4.69) is 36.5 Å². The Kier molecular flexibility index (Phi) is 3.81. The van der Waals surface area contributed by atoms with E-state index in [9.17, 15) is 0 Å². The highest BCUT2D eigenvalue weighted by Crippen LogP contribution is 2.28. The predicted molar refractivity (Wildman–Crippen MR) is 74.0 cm³/mol. The van der Waals surface area contributed by atoms with Gasteiger partial charge >= 0.3 is 0 Å². The lowest BCUT2D eigenvalue weighted by molar-refractivity contribution is 1.15. The Morgan fingerprint density at radius 2 is 1.94 bits per heavy atom. The zero-order valence-electron chi connectivity index (χ0n) is 9.04. The number of hydrogen-bond donors (Lipinski definition) is 2. The Morgan fingerprint density at radius 3 is 2.65 bits per heavy atom. The molecule has 0 atom stereocenters. The van der Waals surface area contributed by atoms with E-state index < -0.39 is 0 Å². The van der Waals surface area contributed by atoms with Crippen LogP contribution in [0.25, 0.3) is 0 Å². The maximum Gasteiger partial charge on any atom is 0.224 e. The number of aromatic nitrogens is 2. The van der Waals surface area contributed by atoms with Gasteiger partial charge in [0.25, 0.3) is 0 Å². The first kappa shape index (κ1) is 12.1. The molecule has 0 bridgehead atoms. The van der Waals surface area contributed by atoms with E-state index in [1.807, 2.05) is 31.3 Å². The lowest BCUT2D eigenvalue weighted by Gasteiger charge is -2.11. The van der Waals surface area contributed by atoms with Gasteiger partial charge in [-0.2, -0.15) is 4.98 Å². The minimum absolute atomic E-state index is 0.206. The molecular formula is C11H10BrClN4. The number of halogens is 2. The molecule has 0 amide bonds. The van der Waals surface area contributed by atoms with Gasteiger partial charge in [-0.3, -0.25) is 0 Å². The highest BCUT2D eigenvalue weighted by atomic mass is 79.9. The predicted octanol–water partition coefficient (Wildman–Crippen LogP) is 3.68. The number of anilines is 3. The van der Waals surface area contributed by atoms with Crippen molar-refractivity contribution in [3.63, 3.8) is 0 Å². The van der Waals surface area contributed by atoms with E-state index in [0.717, 1.165) is 15.8 Å². The summed E-state index contributed by atoms with van der Waals surface area (Å²) in [6.07, 6.45) is 1.61. The number of hydrogen-bond acceptors (Lipinski definition) is 4. The maximum atomic E-state index is 5.76. The van der Waals surface area contributed by atoms with E-state index >= 15 is 0 Å². The summed E-state index contributed by atoms with van der Waals surface area (Å²) in [5.74, 6) is 0.632. The highest BCUT2D eigenvalue weighted by Gasteiger charge is 2.06. The standard InChI is InChI=1S/C11H10BrClN4/c1-14-8-4-2-3-5-9(8)16-10-7(12)6-15-11(13)17-10/h2-6,14H,1H3,(H,15,16,17). The third-order valence-corrected chi connectivity index (χ3v) is 2.93. The normalized spacial score (nSPS) is 10.1. The van der Waals surface area contributed by atoms with E-state index in [4.69, 9.17) is 11.6 Å². The second kappa shape index (κ2) is 5.33. The first-order valence-electron chi connectivity index (χ1n) is 4.92. The molecule has 17 heavy (non-hydrogen) atoms. The molecule has 88 valence electrons. The number of nitrogens with zero attached hydrogens (tertiary/aromatic N) is 2. The summed E-state index contributed by atoms with van der Waals surface area (Å²) in [4.78, 5) is 7.99. The van der Waals surface area contributed by atoms with Crippen molar-refractivity contribution < 1.29 is 0 Å². The molecule has 4 nitrogen and oxygen atoms in total. The van der Waals surface area contributed by atoms with E-state index in [1.54, 1.807) is 6.20 Å². The molecule has 0 aliphatic carbocycles. The van der Waals surface area contributed by atoms with Crippen LogP contribution in [0.5, 0.6) is 0 Å². The summed E-state index contributed by atoms with van der Waals surface area (Å²) in [7, 11) is 1.86. The van der Waals surface area contributed by atoms with Crippen LogP contribution >= 0.6 is 27.5 Å². The Morgan fingerprint density at radius 1 is 1.24 bits per heavy atom. The van der Waals surface area contributed by atoms with Crippen LogP contribution in [0.4, 0.5) is 17.2 Å². The summed E-state index contributed by atoms with van der Waals surface area (Å²) in [5.41, 5.74) is 1.90. The fraction of sp³-hybridized carbons (Fsp3) is 0.0909. The smallest absolute Gasteiger partial charge is 0.224 e. The fourth-order valence-corrected chi connectivity index (χ4v) is 1.79. The van der Waals surface area contributed by atoms with Crippen LogP contribution in [-0.4, -0.2) is 17.0 Å². The molecule has 6 heteroatoms. The first-order chi connectivity index (χ1) is 8.20. The second-order valence-electron chi connectivity index (χ2n) is 3.26. The summed E-state index contributed by atoms with van der Waals surface area (Å²) in [5, 5.41) is 6.49. The zero-order valence-corrected chi connectivity index (χ0v) is 11.4. The van der Waals surface area contributed by atoms with Gasteiger partial charge in [-0.25, -0.2) is 4.98 Å². The van der Waals surface area contributed by atoms with Gasteiger partial charge in [0.15, 0.2) is 0 Å². The molecule has 0 fully saturated rings. The summed E-state index contributed by atoms with van der Waals surface area (Å²) >= 11 is 9.13. The first-order valence-corrected chi connectivity index (χ1v) is 6.09. The molecule has 0 spiro atoms. The molecule has 0 aliphatic rings. The zero-order chi connectivity index (χ0) is 12.3. The molecule has 0 radical (unpaired) electrons. The Labute approximate surface area is 113 Å². The van der Waals surface area contributed by atoms with Crippen LogP contribution in [0.15, 0.2) is 34.9 Å². The van der Waals surface area contributed by atoms with Crippen molar-refractivity contribution >= 4 is 44.7 Å². The molecule has 0 aliphatic heterocycles. The van der Waals surface area contributed by atoms with Crippen molar-refractivity contribution in [3.05, 3.63) is 40.2 Å². The molecule has 1 aromatic heterocycles. The SMILES string of the molecule is CNc1ccccc1Nc1nc(Cl)ncc1Br. The quantitative estimate of drug-likeness (QED) is 0.849. The average molecular weight is 314 g/mol. The van der Waals surface area contributed by atoms with E-state index in [-0.39, 0.29) is 5.28 Å². The average Bonchev–Trinajstić information content (AvgIpc) is 2.34. The van der Waals surface area contributed by atoms with Gasteiger partial charge in [0.2, 0.25) is 5.28 Å². The van der Waals surface area contributed by atoms with Gasteiger partial charge in [0.1, 0.15) is 5.82 Å². The van der Waals surface area contributed by atoms with E-state index in [1.165, 1.54) is 0 Å². The molecule has 1 aromatic carbocycles. The highest BCUT2D eigenvalue weighted by molar-refractivity contribution is 9.10. The van der Waals surface area contributed by atoms with Crippen LogP contribution in [0, 0.1) is 0 Å². The summed E-state index contributed by atoms with van der Waals surface area (Å²) in [6, 6.07) is 7.83. The molecule has 2 N–H and O–H groups in total. The Hall–Kier alpha value is -1.33. The van der Waals surface area contributed by atoms with Gasteiger partial charge in [0.05, 0.1) is 15.8 Å². The maximum absolute atomic E-state index is 5.76. The largest absolute Gasteiger partial charge is 0.386 e. The van der Waals surface area contributed by atoms with Crippen molar-refractivity contribution in [3.8, 4) is 0 Å². The van der Waals surface area contributed by atoms with Gasteiger partial charge in [-0.15, -0.1) is 0 Å². The monoisotopic (exact) mass is 312 g/mol. The lowest BCUT2D eigenvalue weighted by atomic mass is 10.2. The number of para-hydroxylation sites is 2. The van der Waals surface area contributed by atoms with Crippen LogP contribution in [0.1, 0.15) is 0 Å². The third kappa shape index (κ3) is 2.87. The van der Waals surface area contributed by atoms with E-state index in [0.29, 0.717) is 5.82 Å². The van der Waals surface area contributed by atoms with Crippen molar-refractivity contribution in [2.45, 2.75) is 0 Å². The summed E-state index contributed by atoms with van der Waals surface area (Å²) in [6.45, 7) is 0. The molecular weight excluding hydrogens is 304 g/mol. The number of benzene rings is 1. The minimum Gasteiger partial charge on any atom is -0.386 e. The Bertz CT molecular complexity index is 533. The van der Waals surface area contributed by atoms with Crippen LogP contribution in [0.3, 0.4) is 0 Å². The van der Waals surface area contributed by atoms with Crippen LogP contribution in [0.2, 0.25) is 5.28 Å². The minimum atomic E-state index is 0.206. The molecule has 0 unspecified atom stereocenters. The van der Waals surface area contributed by atoms with Crippen molar-refractivity contribution in [1.29, 1.82) is 0 Å². The molecule has 0 saturated heterocycles. The number of rotatable bonds is 3. The van der Waals surface area contributed by atoms with Crippen molar-refractivity contribution in [1.82, 2.24) is 9.97 Å². The summed E-state index contributed by atoms with van der Waals surface area (Å²) < 4.78 is 0.757. The van der Waals surface area contributed by atoms with Crippen LogP contribution < -0.4 is 10.6 Å². The molecule has 2 aromatic rings.